The Morgan fingerprint density at radius 1 is 0.966 bits per heavy atom. The Morgan fingerprint density at radius 3 is 2.22 bits per heavy atom. The Hall–Kier alpha value is -1.49. The lowest BCUT2D eigenvalue weighted by Gasteiger charge is -2.49. The van der Waals surface area contributed by atoms with E-state index in [0.717, 1.165) is 0 Å². The Balaban J connectivity index is 2.11. The molecule has 15 nitrogen and oxygen atoms in total. The van der Waals surface area contributed by atoms with Crippen molar-refractivity contribution in [2.24, 2.45) is 17.8 Å². The van der Waals surface area contributed by atoms with Gasteiger partial charge in [0.15, 0.2) is 12.6 Å². The number of likely N-dealkylation sites (N-methyl/N-ethyl adjacent to an activating group) is 2. The number of esters is 1. The molecule has 3 heterocycles. The molecule has 18 atom stereocenters. The van der Waals surface area contributed by atoms with Gasteiger partial charge < -0.3 is 68.1 Å². The molecule has 0 amide bonds. The number of hydrogen-bond donors (Lipinski definition) is 4. The second kappa shape index (κ2) is 22.2. The van der Waals surface area contributed by atoms with Gasteiger partial charge in [0, 0.05) is 44.5 Å². The molecule has 344 valence electrons. The molecule has 0 aliphatic carbocycles. The van der Waals surface area contributed by atoms with Gasteiger partial charge in [0.25, 0.3) is 0 Å². The number of aliphatic hydroxyl groups is 4. The lowest BCUT2D eigenvalue weighted by atomic mass is 9.77. The number of aliphatic hydroxyl groups excluding tert-OH is 2. The van der Waals surface area contributed by atoms with Crippen molar-refractivity contribution in [1.82, 2.24) is 9.80 Å². The van der Waals surface area contributed by atoms with E-state index in [1.165, 1.54) is 6.92 Å². The van der Waals surface area contributed by atoms with Crippen LogP contribution in [0.4, 0.5) is 0 Å². The van der Waals surface area contributed by atoms with E-state index in [1.54, 1.807) is 27.9 Å². The zero-order valence-corrected chi connectivity index (χ0v) is 38.5. The third-order valence-corrected chi connectivity index (χ3v) is 13.1. The molecule has 0 aromatic carbocycles. The number of hydrogen-bond acceptors (Lipinski definition) is 15. The SMILES string of the molecule is C#CCCOCCO[C@H]1[C@H](C)O[C@@H](OC2[C@@H](C)C(=O)O[C@H](CC)[C@@](C)(O)[C@H](O)[C@@H](C)N(C)C[C@H](C)C[C@@](C)(O)[C@H](O[C@@H]3O[C@H](C)C[C@H](N(C)C)[C@H]3O)[C@H]2C)C[C@@]1(C)OC. The van der Waals surface area contributed by atoms with Gasteiger partial charge in [0.2, 0.25) is 0 Å². The van der Waals surface area contributed by atoms with Crippen LogP contribution in [0.25, 0.3) is 0 Å². The number of rotatable bonds is 13. The highest BCUT2D eigenvalue weighted by Gasteiger charge is 2.53. The molecule has 15 heteroatoms. The predicted molar refractivity (Wildman–Crippen MR) is 222 cm³/mol. The van der Waals surface area contributed by atoms with Gasteiger partial charge in [-0.15, -0.1) is 12.3 Å². The van der Waals surface area contributed by atoms with Crippen LogP contribution < -0.4 is 0 Å². The summed E-state index contributed by atoms with van der Waals surface area (Å²) in [6, 6.07) is -0.820. The zero-order valence-electron chi connectivity index (χ0n) is 38.5. The molecule has 1 unspecified atom stereocenters. The van der Waals surface area contributed by atoms with E-state index >= 15 is 0 Å². The minimum atomic E-state index is -1.81. The highest BCUT2D eigenvalue weighted by molar-refractivity contribution is 5.73. The topological polar surface area (TPSA) is 178 Å². The molecule has 3 fully saturated rings. The largest absolute Gasteiger partial charge is 0.459 e. The summed E-state index contributed by atoms with van der Waals surface area (Å²) in [5, 5.41) is 47.7. The van der Waals surface area contributed by atoms with E-state index in [-0.39, 0.29) is 43.9 Å². The van der Waals surface area contributed by atoms with Crippen molar-refractivity contribution in [2.75, 3.05) is 54.6 Å². The lowest BCUT2D eigenvalue weighted by molar-refractivity contribution is -0.321. The third-order valence-electron chi connectivity index (χ3n) is 13.1. The molecule has 0 spiro atoms. The molecule has 3 saturated heterocycles. The zero-order chi connectivity index (χ0) is 44.6. The minimum absolute atomic E-state index is 0.148. The van der Waals surface area contributed by atoms with Crippen LogP contribution in [0.5, 0.6) is 0 Å². The summed E-state index contributed by atoms with van der Waals surface area (Å²) in [5.41, 5.74) is -4.25. The van der Waals surface area contributed by atoms with Gasteiger partial charge in [0.1, 0.15) is 30.0 Å². The molecular weight excluding hydrogens is 764 g/mol. The van der Waals surface area contributed by atoms with Crippen molar-refractivity contribution in [2.45, 2.75) is 192 Å². The smallest absolute Gasteiger partial charge is 0.311 e. The molecule has 0 saturated carbocycles. The number of carbonyl (C=O) groups is 1. The highest BCUT2D eigenvalue weighted by Crippen LogP contribution is 2.41. The molecule has 59 heavy (non-hydrogen) atoms. The maximum atomic E-state index is 14.4. The normalized spacial score (nSPS) is 45.0. The van der Waals surface area contributed by atoms with Crippen molar-refractivity contribution in [3.63, 3.8) is 0 Å². The maximum absolute atomic E-state index is 14.4. The van der Waals surface area contributed by atoms with Crippen molar-refractivity contribution in [3.8, 4) is 12.3 Å². The first-order valence-corrected chi connectivity index (χ1v) is 21.6. The summed E-state index contributed by atoms with van der Waals surface area (Å²) in [6.07, 6.45) is -1.67. The van der Waals surface area contributed by atoms with Gasteiger partial charge in [0.05, 0.1) is 61.4 Å². The fourth-order valence-corrected chi connectivity index (χ4v) is 9.50. The van der Waals surface area contributed by atoms with Gasteiger partial charge in [-0.25, -0.2) is 0 Å². The summed E-state index contributed by atoms with van der Waals surface area (Å²) in [7, 11) is 7.24. The van der Waals surface area contributed by atoms with Crippen LogP contribution in [-0.2, 0) is 42.7 Å². The maximum Gasteiger partial charge on any atom is 0.311 e. The van der Waals surface area contributed by atoms with Gasteiger partial charge in [-0.2, -0.15) is 0 Å². The van der Waals surface area contributed by atoms with E-state index in [1.807, 2.05) is 72.5 Å². The second-order valence-corrected chi connectivity index (χ2v) is 18.6. The quantitative estimate of drug-likeness (QED) is 0.121. The summed E-state index contributed by atoms with van der Waals surface area (Å²) in [6.45, 7) is 19.5. The number of nitrogens with zero attached hydrogens (tertiary/aromatic N) is 2. The van der Waals surface area contributed by atoms with Gasteiger partial charge in [-0.05, 0) is 94.8 Å². The molecular formula is C44H80N2O13. The first-order valence-electron chi connectivity index (χ1n) is 21.6. The Labute approximate surface area is 354 Å². The summed E-state index contributed by atoms with van der Waals surface area (Å²) in [4.78, 5) is 18.3. The predicted octanol–water partition coefficient (Wildman–Crippen LogP) is 2.96. The summed E-state index contributed by atoms with van der Waals surface area (Å²) >= 11 is 0. The van der Waals surface area contributed by atoms with Gasteiger partial charge >= 0.3 is 5.97 Å². The first-order chi connectivity index (χ1) is 27.4. The molecule has 0 aromatic heterocycles. The second-order valence-electron chi connectivity index (χ2n) is 18.6. The summed E-state index contributed by atoms with van der Waals surface area (Å²) < 4.78 is 50.5. The fourth-order valence-electron chi connectivity index (χ4n) is 9.50. The van der Waals surface area contributed by atoms with Crippen LogP contribution in [0, 0.1) is 30.1 Å². The monoisotopic (exact) mass is 845 g/mol. The van der Waals surface area contributed by atoms with Crippen LogP contribution in [0.15, 0.2) is 0 Å². The summed E-state index contributed by atoms with van der Waals surface area (Å²) in [5.74, 6) is -0.0335. The number of cyclic esters (lactones) is 1. The molecule has 3 aliphatic rings. The van der Waals surface area contributed by atoms with Gasteiger partial charge in [-0.1, -0.05) is 20.8 Å². The van der Waals surface area contributed by atoms with Crippen LogP contribution in [-0.4, -0.2) is 181 Å². The van der Waals surface area contributed by atoms with Crippen molar-refractivity contribution in [3.05, 3.63) is 0 Å². The van der Waals surface area contributed by atoms with Crippen LogP contribution >= 0.6 is 0 Å². The molecule has 3 rings (SSSR count). The van der Waals surface area contributed by atoms with E-state index in [9.17, 15) is 25.2 Å². The van der Waals surface area contributed by atoms with E-state index in [4.69, 9.17) is 44.3 Å². The Morgan fingerprint density at radius 2 is 1.63 bits per heavy atom. The molecule has 0 aromatic rings. The van der Waals surface area contributed by atoms with E-state index in [2.05, 4.69) is 5.92 Å². The minimum Gasteiger partial charge on any atom is -0.459 e. The van der Waals surface area contributed by atoms with Gasteiger partial charge in [-0.3, -0.25) is 4.79 Å². The standard InChI is InChI=1S/C44H80N2O13/c1-16-18-19-53-20-21-54-39-31(8)56-34(24-43(39,10)52-15)58-36-28(5)38(59-41-35(47)32(45(12)13)22-27(4)55-41)42(9,50)23-26(3)25-46(14)30(7)37(48)44(11,51)33(17-2)57-40(49)29(36)6/h1,26-39,41,47-48,50-51H,17-25H2,2-15H3/t26-,27-,28+,29-,30-,31+,32+,33-,34+,35-,36?,37-,38-,39+,41+,42-,43-,44-/m1/s1. The molecule has 4 N–H and O–H groups in total. The average molecular weight is 845 g/mol. The molecule has 3 aliphatic heterocycles. The molecule has 0 radical (unpaired) electrons. The van der Waals surface area contributed by atoms with Crippen LogP contribution in [0.2, 0.25) is 0 Å². The number of carbonyl (C=O) groups excluding carboxylic acids is 1. The average Bonchev–Trinajstić information content (AvgIpc) is 3.16. The molecule has 0 bridgehead atoms. The Bertz CT molecular complexity index is 1330. The number of ether oxygens (including phenoxy) is 8. The van der Waals surface area contributed by atoms with Crippen LogP contribution in [0.1, 0.15) is 101 Å². The number of terminal acetylenes is 1. The van der Waals surface area contributed by atoms with E-state index < -0.39 is 96.0 Å². The number of methoxy groups -OCH3 is 1. The third kappa shape index (κ3) is 13.0. The Kier molecular flexibility index (Phi) is 19.5. The van der Waals surface area contributed by atoms with Crippen molar-refractivity contribution < 1.29 is 63.1 Å². The first kappa shape index (κ1) is 51.9. The van der Waals surface area contributed by atoms with Crippen molar-refractivity contribution >= 4 is 5.97 Å². The van der Waals surface area contributed by atoms with Crippen LogP contribution in [0.3, 0.4) is 0 Å². The van der Waals surface area contributed by atoms with E-state index in [0.29, 0.717) is 32.6 Å². The lowest BCUT2D eigenvalue weighted by Crippen LogP contribution is -2.61. The van der Waals surface area contributed by atoms with Crippen molar-refractivity contribution in [1.29, 1.82) is 0 Å². The fraction of sp³-hybridized carbons (Fsp3) is 0.932. The highest BCUT2D eigenvalue weighted by atomic mass is 16.7.